The average molecular weight is 418 g/mol. The molecule has 0 atom stereocenters. The largest absolute Gasteiger partial charge is 0.458 e. The molecule has 1 amide bonds. The molecule has 0 saturated heterocycles. The Bertz CT molecular complexity index is 827. The first kappa shape index (κ1) is 23.0. The van der Waals surface area contributed by atoms with Crippen molar-refractivity contribution in [3.8, 4) is 0 Å². The summed E-state index contributed by atoms with van der Waals surface area (Å²) in [4.78, 5) is 25.2. The van der Waals surface area contributed by atoms with E-state index < -0.39 is 7.26 Å². The molecule has 29 heavy (non-hydrogen) atoms. The molecule has 2 aromatic carbocycles. The van der Waals surface area contributed by atoms with Gasteiger partial charge < -0.3 is 10.1 Å². The van der Waals surface area contributed by atoms with E-state index in [0.29, 0.717) is 29.1 Å². The summed E-state index contributed by atoms with van der Waals surface area (Å²) >= 11 is 0. The van der Waals surface area contributed by atoms with Crippen molar-refractivity contribution >= 4 is 24.8 Å². The zero-order chi connectivity index (χ0) is 21.4. The van der Waals surface area contributed by atoms with E-state index in [1.54, 1.807) is 13.8 Å². The second kappa shape index (κ2) is 10.5. The second-order valence-electron chi connectivity index (χ2n) is 7.40. The lowest BCUT2D eigenvalue weighted by atomic mass is 10.1. The van der Waals surface area contributed by atoms with Crippen molar-refractivity contribution in [2.24, 2.45) is 0 Å². The maximum absolute atomic E-state index is 13.5. The van der Waals surface area contributed by atoms with Gasteiger partial charge in [-0.05, 0) is 56.5 Å². The summed E-state index contributed by atoms with van der Waals surface area (Å²) in [6, 6.07) is 12.4. The van der Waals surface area contributed by atoms with Gasteiger partial charge in [0.15, 0.2) is 6.16 Å². The predicted molar refractivity (Wildman–Crippen MR) is 118 cm³/mol. The Balaban J connectivity index is 2.01. The Kier molecular flexibility index (Phi) is 8.33. The van der Waals surface area contributed by atoms with E-state index in [9.17, 15) is 14.0 Å². The number of hydrogen-bond donors (Lipinski definition) is 1. The molecule has 0 fully saturated rings. The van der Waals surface area contributed by atoms with Crippen molar-refractivity contribution < 1.29 is 18.7 Å². The molecule has 0 aromatic heterocycles. The first-order valence-corrected chi connectivity index (χ1v) is 12.4. The molecule has 0 heterocycles. The Hall–Kier alpha value is -2.26. The van der Waals surface area contributed by atoms with Gasteiger partial charge in [0.05, 0.1) is 12.3 Å². The van der Waals surface area contributed by atoms with E-state index in [-0.39, 0.29) is 24.3 Å². The van der Waals surface area contributed by atoms with E-state index in [1.807, 2.05) is 44.2 Å². The summed E-state index contributed by atoms with van der Waals surface area (Å²) in [6.45, 7) is 7.85. The van der Waals surface area contributed by atoms with Gasteiger partial charge in [-0.15, -0.1) is 0 Å². The molecule has 156 valence electrons. The van der Waals surface area contributed by atoms with E-state index in [0.717, 1.165) is 17.9 Å². The zero-order valence-electron chi connectivity index (χ0n) is 17.6. The summed E-state index contributed by atoms with van der Waals surface area (Å²) in [5.74, 6) is -0.702. The molecule has 0 radical (unpaired) electrons. The number of esters is 1. The quantitative estimate of drug-likeness (QED) is 0.451. The molecule has 0 saturated carbocycles. The maximum atomic E-state index is 13.5. The fourth-order valence-corrected chi connectivity index (χ4v) is 6.16. The lowest BCUT2D eigenvalue weighted by Gasteiger charge is -2.24. The highest BCUT2D eigenvalue weighted by Crippen LogP contribution is 2.58. The van der Waals surface area contributed by atoms with Gasteiger partial charge in [0.2, 0.25) is 0 Å². The highest BCUT2D eigenvalue weighted by atomic mass is 31.2. The summed E-state index contributed by atoms with van der Waals surface area (Å²) in [7, 11) is -1.83. The number of benzene rings is 2. The van der Waals surface area contributed by atoms with Crippen LogP contribution in [0.5, 0.6) is 0 Å². The smallest absolute Gasteiger partial charge is 0.344 e. The monoisotopic (exact) mass is 418 g/mol. The summed E-state index contributed by atoms with van der Waals surface area (Å²) in [6.07, 6.45) is 2.19. The Morgan fingerprint density at radius 3 is 2.14 bits per heavy atom. The van der Waals surface area contributed by atoms with Crippen LogP contribution in [-0.4, -0.2) is 36.5 Å². The minimum Gasteiger partial charge on any atom is -0.458 e. The van der Waals surface area contributed by atoms with Crippen molar-refractivity contribution in [2.45, 2.75) is 34.3 Å². The standard InChI is InChI=1S/C23H29FNO3P/c1-5-29(6-2,16-22(27)28-14-19-10-8-7-9-11-19)15-21(26)25-23-17(3)12-20(24)13-18(23)4/h7-13H,5-6,14-16H2,1-4H3/p+1. The number of hydrogen-bond acceptors (Lipinski definition) is 3. The Morgan fingerprint density at radius 2 is 1.59 bits per heavy atom. The lowest BCUT2D eigenvalue weighted by molar-refractivity contribution is -0.141. The van der Waals surface area contributed by atoms with Crippen LogP contribution in [0.3, 0.4) is 0 Å². The van der Waals surface area contributed by atoms with Crippen molar-refractivity contribution in [1.29, 1.82) is 0 Å². The number of amides is 1. The zero-order valence-corrected chi connectivity index (χ0v) is 18.5. The Labute approximate surface area is 173 Å². The van der Waals surface area contributed by atoms with Crippen LogP contribution in [0, 0.1) is 19.7 Å². The number of carbonyl (C=O) groups excluding carboxylic acids is 2. The van der Waals surface area contributed by atoms with Crippen molar-refractivity contribution in [3.05, 3.63) is 65.0 Å². The third-order valence-corrected chi connectivity index (χ3v) is 9.86. The third-order valence-electron chi connectivity index (χ3n) is 5.29. The predicted octanol–water partition coefficient (Wildman–Crippen LogP) is 5.18. The normalized spacial score (nSPS) is 11.2. The van der Waals surface area contributed by atoms with Crippen LogP contribution in [0.4, 0.5) is 10.1 Å². The van der Waals surface area contributed by atoms with Crippen molar-refractivity contribution in [2.75, 3.05) is 30.0 Å². The summed E-state index contributed by atoms with van der Waals surface area (Å²) in [5.41, 5.74) is 2.97. The van der Waals surface area contributed by atoms with Gasteiger partial charge >= 0.3 is 5.97 Å². The molecule has 4 nitrogen and oxygen atoms in total. The average Bonchev–Trinajstić information content (AvgIpc) is 2.69. The SMILES string of the molecule is CC[P+](CC)(CC(=O)Nc1c(C)cc(F)cc1C)CC(=O)OCc1ccccc1. The van der Waals surface area contributed by atoms with Gasteiger partial charge in [0.25, 0.3) is 5.91 Å². The van der Waals surface area contributed by atoms with Gasteiger partial charge in [-0.25, -0.2) is 9.18 Å². The molecular formula is C23H30FNO3P+. The van der Waals surface area contributed by atoms with Crippen LogP contribution < -0.4 is 5.32 Å². The fourth-order valence-electron chi connectivity index (χ4n) is 3.38. The molecule has 0 spiro atoms. The number of ether oxygens (including phenoxy) is 1. The van der Waals surface area contributed by atoms with E-state index >= 15 is 0 Å². The highest BCUT2D eigenvalue weighted by Gasteiger charge is 2.39. The lowest BCUT2D eigenvalue weighted by Crippen LogP contribution is -2.26. The number of carbonyl (C=O) groups is 2. The van der Waals surface area contributed by atoms with Crippen LogP contribution in [0.25, 0.3) is 0 Å². The van der Waals surface area contributed by atoms with Crippen molar-refractivity contribution in [1.82, 2.24) is 0 Å². The van der Waals surface area contributed by atoms with Gasteiger partial charge in [-0.3, -0.25) is 4.79 Å². The molecule has 2 rings (SSSR count). The second-order valence-corrected chi connectivity index (χ2v) is 12.0. The fraction of sp³-hybridized carbons (Fsp3) is 0.391. The number of rotatable bonds is 9. The molecular weight excluding hydrogens is 388 g/mol. The molecule has 0 aliphatic carbocycles. The molecule has 1 N–H and O–H groups in total. The molecule has 6 heteroatoms. The van der Waals surface area contributed by atoms with Gasteiger partial charge in [-0.1, -0.05) is 30.3 Å². The number of halogens is 1. The van der Waals surface area contributed by atoms with Crippen LogP contribution in [-0.2, 0) is 20.9 Å². The van der Waals surface area contributed by atoms with Gasteiger partial charge in [-0.2, -0.15) is 0 Å². The molecule has 0 unspecified atom stereocenters. The molecule has 2 aromatic rings. The minimum atomic E-state index is -1.83. The first-order chi connectivity index (χ1) is 13.8. The number of anilines is 1. The van der Waals surface area contributed by atoms with Crippen molar-refractivity contribution in [3.63, 3.8) is 0 Å². The number of aryl methyl sites for hydroxylation is 2. The maximum Gasteiger partial charge on any atom is 0.344 e. The minimum absolute atomic E-state index is 0.129. The molecule has 0 aliphatic heterocycles. The molecule has 0 aliphatic rings. The number of nitrogens with one attached hydrogen (secondary N) is 1. The van der Waals surface area contributed by atoms with Crippen LogP contribution in [0.1, 0.15) is 30.5 Å². The van der Waals surface area contributed by atoms with Crippen LogP contribution >= 0.6 is 7.26 Å². The summed E-state index contributed by atoms with van der Waals surface area (Å²) in [5, 5.41) is 2.93. The highest BCUT2D eigenvalue weighted by molar-refractivity contribution is 7.77. The topological polar surface area (TPSA) is 55.4 Å². The van der Waals surface area contributed by atoms with Gasteiger partial charge in [0.1, 0.15) is 18.6 Å². The third kappa shape index (κ3) is 6.64. The van der Waals surface area contributed by atoms with E-state index in [1.165, 1.54) is 12.1 Å². The van der Waals surface area contributed by atoms with E-state index in [2.05, 4.69) is 5.32 Å². The van der Waals surface area contributed by atoms with Crippen LogP contribution in [0.2, 0.25) is 0 Å². The molecule has 0 bridgehead atoms. The summed E-state index contributed by atoms with van der Waals surface area (Å²) < 4.78 is 19.0. The Morgan fingerprint density at radius 1 is 1.00 bits per heavy atom. The van der Waals surface area contributed by atoms with Crippen LogP contribution in [0.15, 0.2) is 42.5 Å². The van der Waals surface area contributed by atoms with Gasteiger partial charge in [0, 0.05) is 12.9 Å². The first-order valence-electron chi connectivity index (χ1n) is 9.90. The van der Waals surface area contributed by atoms with E-state index in [4.69, 9.17) is 4.74 Å².